The van der Waals surface area contributed by atoms with Gasteiger partial charge in [0.05, 0.1) is 19.3 Å². The van der Waals surface area contributed by atoms with E-state index in [2.05, 4.69) is 25.3 Å². The van der Waals surface area contributed by atoms with Gasteiger partial charge in [-0.3, -0.25) is 4.79 Å². The third-order valence-corrected chi connectivity index (χ3v) is 5.53. The van der Waals surface area contributed by atoms with Crippen LogP contribution in [0, 0.1) is 5.82 Å². The molecule has 0 saturated carbocycles. The number of ether oxygens (including phenoxy) is 1. The molecule has 1 atom stereocenters. The van der Waals surface area contributed by atoms with Gasteiger partial charge in [-0.2, -0.15) is 0 Å². The van der Waals surface area contributed by atoms with Crippen LogP contribution in [0.1, 0.15) is 41.2 Å². The van der Waals surface area contributed by atoms with E-state index in [4.69, 9.17) is 22.1 Å². The summed E-state index contributed by atoms with van der Waals surface area (Å²) in [5, 5.41) is 6.98. The minimum atomic E-state index is -0.425. The van der Waals surface area contributed by atoms with Gasteiger partial charge in [-0.05, 0) is 31.4 Å². The number of anilines is 2. The molecule has 0 radical (unpaired) electrons. The molecule has 1 fully saturated rings. The van der Waals surface area contributed by atoms with Crippen LogP contribution < -0.4 is 20.7 Å². The minimum Gasteiger partial charge on any atom is -0.481 e. The van der Waals surface area contributed by atoms with Gasteiger partial charge < -0.3 is 20.7 Å². The zero-order chi connectivity index (χ0) is 22.0. The van der Waals surface area contributed by atoms with Crippen LogP contribution in [0.15, 0.2) is 24.5 Å². The molecule has 31 heavy (non-hydrogen) atoms. The number of aromatic nitrogens is 4. The summed E-state index contributed by atoms with van der Waals surface area (Å²) in [7, 11) is 1.51. The van der Waals surface area contributed by atoms with E-state index in [1.54, 1.807) is 12.3 Å². The first kappa shape index (κ1) is 21.1. The molecule has 3 N–H and O–H groups in total. The first-order valence-corrected chi connectivity index (χ1v) is 10.5. The van der Waals surface area contributed by atoms with Gasteiger partial charge in [0.1, 0.15) is 17.2 Å². The summed E-state index contributed by atoms with van der Waals surface area (Å²) in [5.74, 6) is 0.786. The number of alkyl halides is 1. The average Bonchev–Trinajstić information content (AvgIpc) is 3.37. The lowest BCUT2D eigenvalue weighted by Crippen LogP contribution is -2.26. The molecule has 0 aromatic carbocycles. The van der Waals surface area contributed by atoms with Crippen molar-refractivity contribution in [3.63, 3.8) is 0 Å². The number of hydrogen-bond acceptors (Lipinski definition) is 7. The maximum atomic E-state index is 13.9. The predicted octanol–water partition coefficient (Wildman–Crippen LogP) is 2.55. The molecule has 0 spiro atoms. The number of methoxy groups -OCH3 is 1. The van der Waals surface area contributed by atoms with Crippen LogP contribution in [0.25, 0.3) is 5.65 Å². The molecule has 0 bridgehead atoms. The zero-order valence-corrected chi connectivity index (χ0v) is 17.8. The van der Waals surface area contributed by atoms with Crippen LogP contribution in [0.4, 0.5) is 16.0 Å². The average molecular weight is 448 g/mol. The van der Waals surface area contributed by atoms with Crippen LogP contribution in [-0.2, 0) is 0 Å². The van der Waals surface area contributed by atoms with Crippen LogP contribution in [0.2, 0.25) is 0 Å². The third-order valence-electron chi connectivity index (χ3n) is 5.27. The Morgan fingerprint density at radius 2 is 2.32 bits per heavy atom. The number of amides is 1. The summed E-state index contributed by atoms with van der Waals surface area (Å²) >= 11 is 5.68. The quantitative estimate of drug-likeness (QED) is 0.423. The molecule has 1 saturated heterocycles. The Hall–Kier alpha value is -3.14. The van der Waals surface area contributed by atoms with Gasteiger partial charge in [0, 0.05) is 30.7 Å². The summed E-state index contributed by atoms with van der Waals surface area (Å²) in [5.41, 5.74) is 7.23. The van der Waals surface area contributed by atoms with Crippen molar-refractivity contribution in [3.8, 4) is 5.88 Å². The van der Waals surface area contributed by atoms with E-state index in [1.807, 2.05) is 0 Å². The summed E-state index contributed by atoms with van der Waals surface area (Å²) < 4.78 is 20.7. The third kappa shape index (κ3) is 4.07. The number of hydrogen-bond donors (Lipinski definition) is 2. The van der Waals surface area contributed by atoms with Gasteiger partial charge in [0.2, 0.25) is 5.88 Å². The number of rotatable bonds is 7. The molecular weight excluding hydrogens is 425 g/mol. The predicted molar refractivity (Wildman–Crippen MR) is 115 cm³/mol. The molecule has 11 heteroatoms. The SMILES string of the molecule is COc1ncc(F)cc1[C@H]1CCCN1c1ccn2nc(N)c(C(=O)NCCCCl)c2n1. The van der Waals surface area contributed by atoms with Crippen molar-refractivity contribution in [2.75, 3.05) is 36.7 Å². The van der Waals surface area contributed by atoms with Crippen molar-refractivity contribution in [2.24, 2.45) is 0 Å². The van der Waals surface area contributed by atoms with Crippen molar-refractivity contribution >= 4 is 34.8 Å². The monoisotopic (exact) mass is 447 g/mol. The van der Waals surface area contributed by atoms with E-state index in [9.17, 15) is 9.18 Å². The summed E-state index contributed by atoms with van der Waals surface area (Å²) in [4.78, 5) is 23.4. The maximum absolute atomic E-state index is 13.9. The lowest BCUT2D eigenvalue weighted by Gasteiger charge is -2.26. The van der Waals surface area contributed by atoms with Crippen molar-refractivity contribution in [1.29, 1.82) is 0 Å². The van der Waals surface area contributed by atoms with Crippen molar-refractivity contribution < 1.29 is 13.9 Å². The first-order chi connectivity index (χ1) is 15.0. The van der Waals surface area contributed by atoms with E-state index < -0.39 is 5.82 Å². The molecular formula is C20H23ClFN7O2. The Labute approximate surface area is 183 Å². The van der Waals surface area contributed by atoms with Gasteiger partial charge in [-0.15, -0.1) is 16.7 Å². The van der Waals surface area contributed by atoms with Crippen molar-refractivity contribution in [1.82, 2.24) is 24.9 Å². The number of nitrogens with zero attached hydrogens (tertiary/aromatic N) is 5. The van der Waals surface area contributed by atoms with E-state index in [1.165, 1.54) is 17.7 Å². The summed E-state index contributed by atoms with van der Waals surface area (Å²) in [6, 6.07) is 3.08. The number of nitrogens with one attached hydrogen (secondary N) is 1. The first-order valence-electron chi connectivity index (χ1n) is 9.98. The highest BCUT2D eigenvalue weighted by Gasteiger charge is 2.31. The number of pyridine rings is 1. The second-order valence-corrected chi connectivity index (χ2v) is 7.59. The Balaban J connectivity index is 1.70. The number of nitrogens with two attached hydrogens (primary N) is 1. The van der Waals surface area contributed by atoms with Gasteiger partial charge in [0.25, 0.3) is 5.91 Å². The normalized spacial score (nSPS) is 16.1. The molecule has 3 aromatic rings. The Kier molecular flexibility index (Phi) is 6.08. The molecule has 9 nitrogen and oxygen atoms in total. The van der Waals surface area contributed by atoms with Crippen LogP contribution in [0.3, 0.4) is 0 Å². The second kappa shape index (κ2) is 8.93. The van der Waals surface area contributed by atoms with Crippen LogP contribution in [0.5, 0.6) is 5.88 Å². The molecule has 164 valence electrons. The van der Waals surface area contributed by atoms with Gasteiger partial charge in [-0.25, -0.2) is 18.9 Å². The molecule has 0 aliphatic carbocycles. The Morgan fingerprint density at radius 1 is 1.48 bits per heavy atom. The fraction of sp³-hybridized carbons (Fsp3) is 0.400. The highest BCUT2D eigenvalue weighted by atomic mass is 35.5. The van der Waals surface area contributed by atoms with Crippen LogP contribution in [-0.4, -0.2) is 51.6 Å². The fourth-order valence-electron chi connectivity index (χ4n) is 3.89. The molecule has 1 aliphatic rings. The molecule has 3 aromatic heterocycles. The van der Waals surface area contributed by atoms with Crippen LogP contribution >= 0.6 is 11.6 Å². The Morgan fingerprint density at radius 3 is 3.10 bits per heavy atom. The smallest absolute Gasteiger partial charge is 0.258 e. The summed E-state index contributed by atoms with van der Waals surface area (Å²) in [6.07, 6.45) is 5.17. The molecule has 4 heterocycles. The van der Waals surface area contributed by atoms with Gasteiger partial charge in [0.15, 0.2) is 11.5 Å². The maximum Gasteiger partial charge on any atom is 0.258 e. The molecule has 4 rings (SSSR count). The molecule has 0 unspecified atom stereocenters. The van der Waals surface area contributed by atoms with Crippen molar-refractivity contribution in [3.05, 3.63) is 41.5 Å². The number of carbonyl (C=O) groups is 1. The second-order valence-electron chi connectivity index (χ2n) is 7.22. The minimum absolute atomic E-state index is 0.0991. The number of fused-ring (bicyclic) bond motifs is 1. The van der Waals surface area contributed by atoms with Crippen molar-refractivity contribution in [2.45, 2.75) is 25.3 Å². The number of carbonyl (C=O) groups excluding carboxylic acids is 1. The Bertz CT molecular complexity index is 1110. The number of nitrogen functional groups attached to an aromatic ring is 1. The topological polar surface area (TPSA) is 111 Å². The van der Waals surface area contributed by atoms with E-state index in [0.717, 1.165) is 19.0 Å². The standard InChI is InChI=1S/C20H23ClFN7O2/c1-31-20-13(10-12(22)11-25-20)14-4-2-8-28(14)15-5-9-29-18(26-15)16(17(23)27-29)19(30)24-7-3-6-21/h5,9-11,14H,2-4,6-8H2,1H3,(H2,23,27)(H,24,30)/t14-/m1/s1. The van der Waals surface area contributed by atoms with E-state index >= 15 is 0 Å². The fourth-order valence-corrected chi connectivity index (χ4v) is 4.02. The number of halogens is 2. The highest BCUT2D eigenvalue weighted by molar-refractivity contribution is 6.17. The lowest BCUT2D eigenvalue weighted by atomic mass is 10.1. The largest absolute Gasteiger partial charge is 0.481 e. The molecule has 1 amide bonds. The highest BCUT2D eigenvalue weighted by Crippen LogP contribution is 2.39. The van der Waals surface area contributed by atoms with E-state index in [-0.39, 0.29) is 23.3 Å². The van der Waals surface area contributed by atoms with Gasteiger partial charge in [-0.1, -0.05) is 0 Å². The van der Waals surface area contributed by atoms with E-state index in [0.29, 0.717) is 48.3 Å². The summed E-state index contributed by atoms with van der Waals surface area (Å²) in [6.45, 7) is 1.15. The lowest BCUT2D eigenvalue weighted by molar-refractivity contribution is 0.0956. The van der Waals surface area contributed by atoms with Gasteiger partial charge >= 0.3 is 0 Å². The molecule has 1 aliphatic heterocycles. The zero-order valence-electron chi connectivity index (χ0n) is 17.0.